The van der Waals surface area contributed by atoms with Gasteiger partial charge in [-0.3, -0.25) is 0 Å². The van der Waals surface area contributed by atoms with Crippen molar-refractivity contribution in [1.82, 2.24) is 0 Å². The summed E-state index contributed by atoms with van der Waals surface area (Å²) in [5.74, 6) is 0.682. The third kappa shape index (κ3) is 5.64. The summed E-state index contributed by atoms with van der Waals surface area (Å²) in [4.78, 5) is 0. The van der Waals surface area contributed by atoms with Crippen LogP contribution in [0.4, 0.5) is 0 Å². The zero-order chi connectivity index (χ0) is 15.6. The van der Waals surface area contributed by atoms with Crippen molar-refractivity contribution in [3.8, 4) is 0 Å². The summed E-state index contributed by atoms with van der Waals surface area (Å²) in [5, 5.41) is 0. The van der Waals surface area contributed by atoms with Gasteiger partial charge < -0.3 is 19.0 Å². The van der Waals surface area contributed by atoms with E-state index in [2.05, 4.69) is 0 Å². The predicted molar refractivity (Wildman–Crippen MR) is 89.2 cm³/mol. The summed E-state index contributed by atoms with van der Waals surface area (Å²) in [5.41, 5.74) is 6.18. The summed E-state index contributed by atoms with van der Waals surface area (Å²) in [6.45, 7) is 8.86. The normalized spacial score (nSPS) is 18.9. The van der Waals surface area contributed by atoms with Crippen LogP contribution >= 0.6 is 0 Å². The van der Waals surface area contributed by atoms with Gasteiger partial charge in [0, 0.05) is 25.4 Å². The summed E-state index contributed by atoms with van der Waals surface area (Å²) < 4.78 is 18.5. The maximum atomic E-state index is 6.18. The molecule has 5 heteroatoms. The summed E-state index contributed by atoms with van der Waals surface area (Å²) in [6, 6.07) is 0. The zero-order valence-corrected chi connectivity index (χ0v) is 15.2. The largest absolute Gasteiger partial charge is 0.504 e. The van der Waals surface area contributed by atoms with E-state index in [4.69, 9.17) is 19.0 Å². The molecule has 0 amide bonds. The Kier molecular flexibility index (Phi) is 9.76. The van der Waals surface area contributed by atoms with Crippen LogP contribution in [-0.4, -0.2) is 35.2 Å². The fourth-order valence-corrected chi connectivity index (χ4v) is 7.19. The highest BCUT2D eigenvalue weighted by Gasteiger charge is 2.51. The van der Waals surface area contributed by atoms with Crippen LogP contribution < -0.4 is 5.73 Å². The molecule has 0 aromatic carbocycles. The lowest BCUT2D eigenvalue weighted by molar-refractivity contribution is 0.0486. The second-order valence-electron chi connectivity index (χ2n) is 5.84. The molecule has 1 rings (SSSR count). The van der Waals surface area contributed by atoms with Crippen LogP contribution in [0.25, 0.3) is 0 Å². The van der Waals surface area contributed by atoms with Crippen molar-refractivity contribution < 1.29 is 13.3 Å². The molecule has 1 unspecified atom stereocenters. The van der Waals surface area contributed by atoms with Crippen molar-refractivity contribution in [3.63, 3.8) is 0 Å². The molecule has 1 fully saturated rings. The minimum Gasteiger partial charge on any atom is -0.374 e. The Bertz CT molecular complexity index is 243. The molecular weight excluding hydrogens is 282 g/mol. The van der Waals surface area contributed by atoms with E-state index in [1.165, 1.54) is 32.1 Å². The first-order valence-corrected chi connectivity index (χ1v) is 10.7. The van der Waals surface area contributed by atoms with Crippen molar-refractivity contribution >= 4 is 8.80 Å². The van der Waals surface area contributed by atoms with Gasteiger partial charge in [-0.15, -0.1) is 0 Å². The van der Waals surface area contributed by atoms with E-state index >= 15 is 0 Å². The molecule has 0 saturated heterocycles. The van der Waals surface area contributed by atoms with Crippen molar-refractivity contribution in [3.05, 3.63) is 0 Å². The molecule has 1 aliphatic carbocycles. The molecular formula is C16H35NO3Si. The molecule has 0 radical (unpaired) electrons. The molecule has 1 aliphatic rings. The molecule has 126 valence electrons. The van der Waals surface area contributed by atoms with Gasteiger partial charge >= 0.3 is 8.80 Å². The molecule has 0 heterocycles. The lowest BCUT2D eigenvalue weighted by atomic mass is 9.85. The number of rotatable bonds is 11. The first-order valence-electron chi connectivity index (χ1n) is 8.85. The fourth-order valence-electron chi connectivity index (χ4n) is 3.63. The highest BCUT2D eigenvalue weighted by atomic mass is 28.4. The zero-order valence-electron chi connectivity index (χ0n) is 14.2. The van der Waals surface area contributed by atoms with Crippen molar-refractivity contribution in [2.75, 3.05) is 26.4 Å². The Labute approximate surface area is 132 Å². The molecule has 1 saturated carbocycles. The van der Waals surface area contributed by atoms with Crippen LogP contribution in [0.1, 0.15) is 65.7 Å². The monoisotopic (exact) mass is 317 g/mol. The number of nitrogens with two attached hydrogens (primary N) is 1. The Balaban J connectivity index is 2.94. The molecule has 0 bridgehead atoms. The highest BCUT2D eigenvalue weighted by Crippen LogP contribution is 2.43. The maximum Gasteiger partial charge on any atom is 0.504 e. The molecule has 0 spiro atoms. The standard InChI is InChI=1S/C16H35NO3Si/c1-4-18-21(19-5-2,20-6-3)16(13-10-14-17)15-11-8-7-9-12-15/h15-16H,4-14,17H2,1-3H3. The van der Waals surface area contributed by atoms with Crippen LogP contribution in [-0.2, 0) is 13.3 Å². The molecule has 0 aromatic rings. The van der Waals surface area contributed by atoms with Crippen LogP contribution in [0.5, 0.6) is 0 Å². The van der Waals surface area contributed by atoms with Crippen LogP contribution in [0.2, 0.25) is 5.54 Å². The minimum absolute atomic E-state index is 0.418. The smallest absolute Gasteiger partial charge is 0.374 e. The van der Waals surface area contributed by atoms with E-state index in [0.717, 1.165) is 19.4 Å². The van der Waals surface area contributed by atoms with Gasteiger partial charge in [0.2, 0.25) is 0 Å². The van der Waals surface area contributed by atoms with Gasteiger partial charge in [0.15, 0.2) is 0 Å². The van der Waals surface area contributed by atoms with Crippen molar-refractivity contribution in [2.24, 2.45) is 11.7 Å². The molecule has 0 aromatic heterocycles. The van der Waals surface area contributed by atoms with E-state index in [1.54, 1.807) is 0 Å². The Morgan fingerprint density at radius 1 is 0.952 bits per heavy atom. The van der Waals surface area contributed by atoms with Gasteiger partial charge in [-0.05, 0) is 46.1 Å². The fraction of sp³-hybridized carbons (Fsp3) is 1.00. The maximum absolute atomic E-state index is 6.18. The third-order valence-corrected chi connectivity index (χ3v) is 8.17. The van der Waals surface area contributed by atoms with E-state index in [9.17, 15) is 0 Å². The van der Waals surface area contributed by atoms with Crippen molar-refractivity contribution in [2.45, 2.75) is 71.3 Å². The van der Waals surface area contributed by atoms with Crippen LogP contribution in [0.15, 0.2) is 0 Å². The summed E-state index contributed by atoms with van der Waals surface area (Å²) >= 11 is 0. The molecule has 2 N–H and O–H groups in total. The lowest BCUT2D eigenvalue weighted by Gasteiger charge is -2.40. The van der Waals surface area contributed by atoms with Crippen LogP contribution in [0.3, 0.4) is 0 Å². The predicted octanol–water partition coefficient (Wildman–Crippen LogP) is 3.72. The topological polar surface area (TPSA) is 53.7 Å². The first kappa shape index (κ1) is 19.1. The molecule has 0 aliphatic heterocycles. The Morgan fingerprint density at radius 2 is 1.48 bits per heavy atom. The van der Waals surface area contributed by atoms with E-state index in [-0.39, 0.29) is 0 Å². The minimum atomic E-state index is -2.61. The van der Waals surface area contributed by atoms with Gasteiger partial charge in [-0.1, -0.05) is 32.1 Å². The van der Waals surface area contributed by atoms with Crippen molar-refractivity contribution in [1.29, 1.82) is 0 Å². The SMILES string of the molecule is CCO[Si](OCC)(OCC)C(CCCN)C1CCCCC1. The van der Waals surface area contributed by atoms with Gasteiger partial charge in [-0.2, -0.15) is 0 Å². The van der Waals surface area contributed by atoms with Gasteiger partial charge in [0.1, 0.15) is 0 Å². The Hall–Kier alpha value is 0.0569. The van der Waals surface area contributed by atoms with E-state index in [0.29, 0.717) is 31.3 Å². The number of hydrogen-bond donors (Lipinski definition) is 1. The van der Waals surface area contributed by atoms with E-state index in [1.807, 2.05) is 20.8 Å². The molecule has 4 nitrogen and oxygen atoms in total. The summed E-state index contributed by atoms with van der Waals surface area (Å²) in [6.07, 6.45) is 8.72. The Morgan fingerprint density at radius 3 is 1.90 bits per heavy atom. The summed E-state index contributed by atoms with van der Waals surface area (Å²) in [7, 11) is -2.61. The van der Waals surface area contributed by atoms with Crippen LogP contribution in [0, 0.1) is 5.92 Å². The molecule has 1 atom stereocenters. The average Bonchev–Trinajstić information content (AvgIpc) is 2.49. The quantitative estimate of drug-likeness (QED) is 0.590. The van der Waals surface area contributed by atoms with Gasteiger partial charge in [0.05, 0.1) is 0 Å². The van der Waals surface area contributed by atoms with Gasteiger partial charge in [0.25, 0.3) is 0 Å². The third-order valence-electron chi connectivity index (χ3n) is 4.43. The van der Waals surface area contributed by atoms with E-state index < -0.39 is 8.80 Å². The highest BCUT2D eigenvalue weighted by molar-refractivity contribution is 6.62. The second kappa shape index (κ2) is 10.7. The van der Waals surface area contributed by atoms with Gasteiger partial charge in [-0.25, -0.2) is 0 Å². The first-order chi connectivity index (χ1) is 10.2. The second-order valence-corrected chi connectivity index (χ2v) is 8.65. The number of hydrogen-bond acceptors (Lipinski definition) is 4. The lowest BCUT2D eigenvalue weighted by Crippen LogP contribution is -2.53. The average molecular weight is 318 g/mol. The molecule has 21 heavy (non-hydrogen) atoms.